The molecule has 0 unspecified atom stereocenters. The van der Waals surface area contributed by atoms with Crippen molar-refractivity contribution in [3.8, 4) is 0 Å². The highest BCUT2D eigenvalue weighted by atomic mass is 16.4. The van der Waals surface area contributed by atoms with Gasteiger partial charge in [0, 0.05) is 13.0 Å². The maximum absolute atomic E-state index is 10.2. The molecule has 0 aliphatic carbocycles. The number of hydrogen-bond donors (Lipinski definition) is 12. The van der Waals surface area contributed by atoms with Gasteiger partial charge in [0.05, 0.1) is 13.1 Å². The van der Waals surface area contributed by atoms with E-state index in [1.807, 2.05) is 0 Å². The average molecular weight is 471 g/mol. The van der Waals surface area contributed by atoms with Crippen LogP contribution in [0.25, 0.3) is 0 Å². The normalized spacial score (nSPS) is 10.8. The quantitative estimate of drug-likeness (QED) is 0.0774. The van der Waals surface area contributed by atoms with Crippen LogP contribution in [0.1, 0.15) is 25.7 Å². The number of hydrogen-bond acceptors (Lipinski definition) is 10. The van der Waals surface area contributed by atoms with E-state index in [2.05, 4.69) is 16.8 Å². The van der Waals surface area contributed by atoms with E-state index in [9.17, 15) is 24.0 Å². The summed E-state index contributed by atoms with van der Waals surface area (Å²) < 4.78 is 0. The van der Waals surface area contributed by atoms with Crippen LogP contribution in [-0.4, -0.2) is 93.1 Å². The molecule has 0 bridgehead atoms. The second-order valence-electron chi connectivity index (χ2n) is 5.50. The largest absolute Gasteiger partial charge is 0.481 e. The smallest absolute Gasteiger partial charge is 0.320 e. The fourth-order valence-electron chi connectivity index (χ4n) is 1.07. The van der Waals surface area contributed by atoms with Crippen molar-refractivity contribution in [3.05, 3.63) is 0 Å². The van der Waals surface area contributed by atoms with Crippen LogP contribution in [0, 0.1) is 5.41 Å². The minimum absolute atomic E-state index is 0.0231. The Morgan fingerprint density at radius 2 is 1.09 bits per heavy atom. The number of rotatable bonds is 11. The predicted molar refractivity (Wildman–Crippen MR) is 111 cm³/mol. The first-order valence-electron chi connectivity index (χ1n) is 8.72. The van der Waals surface area contributed by atoms with Crippen molar-refractivity contribution in [2.24, 2.45) is 28.7 Å². The van der Waals surface area contributed by atoms with Gasteiger partial charge in [-0.25, -0.2) is 0 Å². The van der Waals surface area contributed by atoms with E-state index in [1.54, 1.807) is 0 Å². The number of carbonyl (C=O) groups is 5. The molecule has 17 heteroatoms. The summed E-state index contributed by atoms with van der Waals surface area (Å²) in [5.41, 5.74) is 24.4. The fourth-order valence-corrected chi connectivity index (χ4v) is 1.07. The van der Waals surface area contributed by atoms with Crippen LogP contribution in [0.4, 0.5) is 0 Å². The van der Waals surface area contributed by atoms with E-state index in [1.165, 1.54) is 0 Å². The van der Waals surface area contributed by atoms with Gasteiger partial charge in [-0.2, -0.15) is 0 Å². The molecule has 0 saturated heterocycles. The van der Waals surface area contributed by atoms with Crippen LogP contribution in [-0.2, 0) is 24.0 Å². The summed E-state index contributed by atoms with van der Waals surface area (Å²) in [6.07, 6.45) is 0.751. The lowest BCUT2D eigenvalue weighted by Gasteiger charge is -2.06. The molecule has 0 aromatic heterocycles. The molecule has 2 atom stereocenters. The van der Waals surface area contributed by atoms with Crippen molar-refractivity contribution in [2.45, 2.75) is 37.8 Å². The molecule has 0 aliphatic heterocycles. The number of aliphatic carboxylic acids is 5. The molecule has 0 heterocycles. The Morgan fingerprint density at radius 3 is 1.34 bits per heavy atom. The maximum atomic E-state index is 10.2. The fraction of sp³-hybridized carbons (Fsp3) is 0.600. The van der Waals surface area contributed by atoms with Crippen LogP contribution >= 0.6 is 0 Å². The van der Waals surface area contributed by atoms with E-state index in [-0.39, 0.29) is 31.9 Å². The van der Waals surface area contributed by atoms with E-state index >= 15 is 0 Å². The molecule has 0 aromatic carbocycles. The van der Waals surface area contributed by atoms with Crippen molar-refractivity contribution in [1.82, 2.24) is 5.32 Å². The zero-order valence-corrected chi connectivity index (χ0v) is 17.3. The Balaban J connectivity index is -0.000000176. The SMILES string of the molecule is N=C(N)NCCC[C@H](N)C(=O)O.NCC(=O)O.NCC(=O)O.N[C@@H](CCC(=O)O)C(=O)O. The van der Waals surface area contributed by atoms with E-state index in [4.69, 9.17) is 48.1 Å². The summed E-state index contributed by atoms with van der Waals surface area (Å²) in [6.45, 7) is -0.0731. The summed E-state index contributed by atoms with van der Waals surface area (Å²) in [5, 5.41) is 49.2. The Hall–Kier alpha value is -3.54. The zero-order valence-electron chi connectivity index (χ0n) is 17.3. The minimum atomic E-state index is -1.17. The molecule has 0 saturated carbocycles. The standard InChI is InChI=1S/C6H14N4O2.C5H9NO4.2C2H5NO2/c7-4(5(11)12)2-1-3-10-6(8)9;6-3(5(9)10)1-2-4(7)8;2*3-1-2(4)5/h4H,1-3,7H2,(H,11,12)(H4,8,9,10);3H,1-2,6H2,(H,7,8)(H,9,10);2*1,3H2,(H,4,5)/t4-;3-;;/m00../s1. The van der Waals surface area contributed by atoms with Gasteiger partial charge in [-0.3, -0.25) is 29.4 Å². The molecule has 188 valence electrons. The van der Waals surface area contributed by atoms with E-state index in [0.717, 1.165) is 0 Å². The van der Waals surface area contributed by atoms with Crippen LogP contribution in [0.3, 0.4) is 0 Å². The van der Waals surface area contributed by atoms with E-state index < -0.39 is 41.9 Å². The van der Waals surface area contributed by atoms with Crippen molar-refractivity contribution >= 4 is 35.8 Å². The molecule has 0 aliphatic rings. The molecule has 0 aromatic rings. The third kappa shape index (κ3) is 41.0. The van der Waals surface area contributed by atoms with Crippen molar-refractivity contribution in [1.29, 1.82) is 5.41 Å². The van der Waals surface area contributed by atoms with Crippen LogP contribution < -0.4 is 34.0 Å². The minimum Gasteiger partial charge on any atom is -0.481 e. The first-order valence-corrected chi connectivity index (χ1v) is 8.72. The predicted octanol–water partition coefficient (Wildman–Crippen LogP) is -4.02. The monoisotopic (exact) mass is 471 g/mol. The second-order valence-corrected chi connectivity index (χ2v) is 5.50. The molecule has 17 nitrogen and oxygen atoms in total. The van der Waals surface area contributed by atoms with Gasteiger partial charge in [-0.05, 0) is 19.3 Å². The number of carboxylic acid groups (broad SMARTS) is 5. The third-order valence-electron chi connectivity index (χ3n) is 2.66. The highest BCUT2D eigenvalue weighted by Crippen LogP contribution is 1.93. The Morgan fingerprint density at radius 1 is 0.750 bits per heavy atom. The molecule has 32 heavy (non-hydrogen) atoms. The summed E-state index contributed by atoms with van der Waals surface area (Å²) in [5.74, 6) is -5.25. The topological polar surface area (TPSA) is 352 Å². The molecular formula is C15H33N7O10. The molecule has 0 fully saturated rings. The summed E-state index contributed by atoms with van der Waals surface area (Å²) >= 11 is 0. The Bertz CT molecular complexity index is 575. The molecule has 0 rings (SSSR count). The number of nitrogens with two attached hydrogens (primary N) is 5. The lowest BCUT2D eigenvalue weighted by molar-refractivity contribution is -0.140. The van der Waals surface area contributed by atoms with Gasteiger partial charge < -0.3 is 59.5 Å². The summed E-state index contributed by atoms with van der Waals surface area (Å²) in [4.78, 5) is 48.6. The van der Waals surface area contributed by atoms with Crippen molar-refractivity contribution < 1.29 is 49.5 Å². The molecule has 17 N–H and O–H groups in total. The van der Waals surface area contributed by atoms with Gasteiger partial charge in [0.25, 0.3) is 0 Å². The van der Waals surface area contributed by atoms with E-state index in [0.29, 0.717) is 19.4 Å². The third-order valence-corrected chi connectivity index (χ3v) is 2.66. The Labute approximate surface area is 183 Å². The van der Waals surface area contributed by atoms with Gasteiger partial charge in [0.2, 0.25) is 0 Å². The van der Waals surface area contributed by atoms with Gasteiger partial charge in [0.1, 0.15) is 12.1 Å². The highest BCUT2D eigenvalue weighted by Gasteiger charge is 2.12. The first kappa shape index (κ1) is 35.9. The average Bonchev–Trinajstić information content (AvgIpc) is 2.69. The van der Waals surface area contributed by atoms with Crippen LogP contribution in [0.15, 0.2) is 0 Å². The van der Waals surface area contributed by atoms with Gasteiger partial charge >= 0.3 is 29.8 Å². The van der Waals surface area contributed by atoms with Gasteiger partial charge in [0.15, 0.2) is 5.96 Å². The van der Waals surface area contributed by atoms with Crippen LogP contribution in [0.5, 0.6) is 0 Å². The first-order chi connectivity index (χ1) is 14.6. The lowest BCUT2D eigenvalue weighted by atomic mass is 10.2. The number of guanidine groups is 1. The van der Waals surface area contributed by atoms with Crippen molar-refractivity contribution in [2.75, 3.05) is 19.6 Å². The molecule has 0 radical (unpaired) electrons. The molecular weight excluding hydrogens is 438 g/mol. The zero-order chi connectivity index (χ0) is 26.3. The van der Waals surface area contributed by atoms with Gasteiger partial charge in [-0.15, -0.1) is 0 Å². The summed E-state index contributed by atoms with van der Waals surface area (Å²) in [6, 6.07) is -1.88. The second kappa shape index (κ2) is 23.7. The van der Waals surface area contributed by atoms with Gasteiger partial charge in [-0.1, -0.05) is 0 Å². The summed E-state index contributed by atoms with van der Waals surface area (Å²) in [7, 11) is 0. The maximum Gasteiger partial charge on any atom is 0.320 e. The highest BCUT2D eigenvalue weighted by molar-refractivity contribution is 5.75. The molecule has 0 amide bonds. The lowest BCUT2D eigenvalue weighted by Crippen LogP contribution is -2.34. The number of carboxylic acids is 5. The number of nitrogens with one attached hydrogen (secondary N) is 2. The van der Waals surface area contributed by atoms with Crippen LogP contribution in [0.2, 0.25) is 0 Å². The van der Waals surface area contributed by atoms with Crippen molar-refractivity contribution in [3.63, 3.8) is 0 Å². The Kier molecular flexibility index (Phi) is 26.6. The molecule has 0 spiro atoms.